The summed E-state index contributed by atoms with van der Waals surface area (Å²) in [7, 11) is -1.96. The van der Waals surface area contributed by atoms with Crippen molar-refractivity contribution in [3.8, 4) is 5.75 Å². The Hall–Kier alpha value is -3.73. The molecule has 1 aliphatic carbocycles. The minimum Gasteiger partial charge on any atom is -0.497 e. The highest BCUT2D eigenvalue weighted by atomic mass is 32.2. The number of carbonyl (C=O) groups excluding carboxylic acids is 2. The Labute approximate surface area is 261 Å². The number of nitrogens with one attached hydrogen (secondary N) is 2. The van der Waals surface area contributed by atoms with Gasteiger partial charge in [-0.1, -0.05) is 54.6 Å². The predicted octanol–water partition coefficient (Wildman–Crippen LogP) is 4.77. The fourth-order valence-electron chi connectivity index (χ4n) is 4.78. The van der Waals surface area contributed by atoms with Gasteiger partial charge in [0.2, 0.25) is 21.8 Å². The summed E-state index contributed by atoms with van der Waals surface area (Å²) in [6, 6.07) is 22.5. The van der Waals surface area contributed by atoms with E-state index < -0.39 is 16.1 Å². The first-order valence-corrected chi connectivity index (χ1v) is 16.6. The Morgan fingerprint density at radius 3 is 2.20 bits per heavy atom. The predicted molar refractivity (Wildman–Crippen MR) is 170 cm³/mol. The van der Waals surface area contributed by atoms with Gasteiger partial charge in [0.1, 0.15) is 11.8 Å². The molecule has 9 nitrogen and oxygen atoms in total. The molecule has 0 aliphatic heterocycles. The van der Waals surface area contributed by atoms with E-state index in [4.69, 9.17) is 9.47 Å². The van der Waals surface area contributed by atoms with Gasteiger partial charge in [-0.15, -0.1) is 0 Å². The van der Waals surface area contributed by atoms with Crippen LogP contribution < -0.4 is 14.8 Å². The molecule has 0 saturated heterocycles. The van der Waals surface area contributed by atoms with Crippen LogP contribution in [-0.4, -0.2) is 57.5 Å². The van der Waals surface area contributed by atoms with E-state index >= 15 is 0 Å². The van der Waals surface area contributed by atoms with E-state index in [0.717, 1.165) is 24.0 Å². The summed E-state index contributed by atoms with van der Waals surface area (Å²) in [5.74, 6) is 0.241. The summed E-state index contributed by atoms with van der Waals surface area (Å²) in [4.78, 5) is 29.5. The molecule has 10 heteroatoms. The lowest BCUT2D eigenvalue weighted by Gasteiger charge is -2.32. The third-order valence-corrected chi connectivity index (χ3v) is 8.88. The van der Waals surface area contributed by atoms with Crippen LogP contribution in [0.3, 0.4) is 0 Å². The molecule has 1 saturated carbocycles. The lowest BCUT2D eigenvalue weighted by atomic mass is 10.0. The first kappa shape index (κ1) is 33.2. The van der Waals surface area contributed by atoms with Crippen molar-refractivity contribution in [2.24, 2.45) is 0 Å². The van der Waals surface area contributed by atoms with Crippen molar-refractivity contribution in [3.63, 3.8) is 0 Å². The lowest BCUT2D eigenvalue weighted by molar-refractivity contribution is -0.141. The number of ether oxygens (including phenoxy) is 2. The van der Waals surface area contributed by atoms with Crippen LogP contribution >= 0.6 is 0 Å². The molecule has 0 radical (unpaired) electrons. The van der Waals surface area contributed by atoms with Crippen LogP contribution in [0.1, 0.15) is 62.3 Å². The first-order chi connectivity index (χ1) is 21.2. The minimum absolute atomic E-state index is 0.0251. The smallest absolute Gasteiger partial charge is 0.247 e. The van der Waals surface area contributed by atoms with E-state index in [9.17, 15) is 18.0 Å². The summed E-state index contributed by atoms with van der Waals surface area (Å²) in [6.07, 6.45) is 3.02. The largest absolute Gasteiger partial charge is 0.497 e. The molecule has 2 amide bonds. The SMILES string of the molecule is COc1ccc(CN(C(=O)CCc2ccc(S(=O)(=O)NC3CC3)cc2)C(C(=O)NCCCOC(C)C)c2ccccc2)cc1. The van der Waals surface area contributed by atoms with E-state index in [1.807, 2.05) is 68.4 Å². The lowest BCUT2D eigenvalue weighted by Crippen LogP contribution is -2.44. The van der Waals surface area contributed by atoms with Gasteiger partial charge in [0.25, 0.3) is 0 Å². The van der Waals surface area contributed by atoms with Gasteiger partial charge in [-0.05, 0) is 80.5 Å². The maximum absolute atomic E-state index is 14.0. The molecule has 1 aliphatic rings. The summed E-state index contributed by atoms with van der Waals surface area (Å²) in [6.45, 7) is 5.10. The fraction of sp³-hybridized carbons (Fsp3) is 0.412. The molecule has 4 rings (SSSR count). The summed E-state index contributed by atoms with van der Waals surface area (Å²) in [5, 5.41) is 3.01. The maximum Gasteiger partial charge on any atom is 0.247 e. The van der Waals surface area contributed by atoms with Crippen LogP contribution in [0, 0.1) is 0 Å². The Bertz CT molecular complexity index is 1460. The summed E-state index contributed by atoms with van der Waals surface area (Å²) in [5.41, 5.74) is 2.40. The molecule has 1 unspecified atom stereocenters. The number of carbonyl (C=O) groups is 2. The molecule has 0 aromatic heterocycles. The van der Waals surface area contributed by atoms with Crippen molar-refractivity contribution in [3.05, 3.63) is 95.6 Å². The minimum atomic E-state index is -3.55. The number of rotatable bonds is 17. The number of amides is 2. The quantitative estimate of drug-likeness (QED) is 0.210. The number of hydrogen-bond acceptors (Lipinski definition) is 6. The second-order valence-corrected chi connectivity index (χ2v) is 13.0. The summed E-state index contributed by atoms with van der Waals surface area (Å²) >= 11 is 0. The molecule has 3 aromatic carbocycles. The monoisotopic (exact) mass is 621 g/mol. The van der Waals surface area contributed by atoms with Gasteiger partial charge in [0.05, 0.1) is 18.1 Å². The van der Waals surface area contributed by atoms with Gasteiger partial charge < -0.3 is 19.7 Å². The number of sulfonamides is 1. The zero-order chi connectivity index (χ0) is 31.5. The molecule has 1 atom stereocenters. The van der Waals surface area contributed by atoms with Crippen molar-refractivity contribution in [1.82, 2.24) is 14.9 Å². The van der Waals surface area contributed by atoms with Gasteiger partial charge in [-0.25, -0.2) is 13.1 Å². The van der Waals surface area contributed by atoms with Crippen molar-refractivity contribution in [2.45, 2.75) is 75.6 Å². The van der Waals surface area contributed by atoms with Crippen molar-refractivity contribution in [2.75, 3.05) is 20.3 Å². The zero-order valence-corrected chi connectivity index (χ0v) is 26.5. The van der Waals surface area contributed by atoms with Gasteiger partial charge in [0, 0.05) is 32.2 Å². The van der Waals surface area contributed by atoms with Crippen molar-refractivity contribution >= 4 is 21.8 Å². The maximum atomic E-state index is 14.0. The molecule has 1 fully saturated rings. The third kappa shape index (κ3) is 9.90. The van der Waals surface area contributed by atoms with Crippen molar-refractivity contribution < 1.29 is 27.5 Å². The normalized spacial score (nSPS) is 13.8. The molecule has 0 bridgehead atoms. The topological polar surface area (TPSA) is 114 Å². The molecule has 3 aromatic rings. The molecule has 0 heterocycles. The van der Waals surface area contributed by atoms with E-state index in [1.54, 1.807) is 36.3 Å². The highest BCUT2D eigenvalue weighted by molar-refractivity contribution is 7.89. The fourth-order valence-corrected chi connectivity index (χ4v) is 6.08. The molecule has 44 heavy (non-hydrogen) atoms. The highest BCUT2D eigenvalue weighted by Crippen LogP contribution is 2.26. The standard InChI is InChI=1S/C34H43N3O6S/c1-25(2)43-23-7-22-35-34(39)33(28-8-5-4-6-9-28)37(24-27-10-17-30(42-3)18-11-27)32(38)21-14-26-12-19-31(20-13-26)44(40,41)36-29-15-16-29/h4-6,8-13,17-20,25,29,33,36H,7,14-16,21-24H2,1-3H3,(H,35,39). The van der Waals surface area contributed by atoms with E-state index in [0.29, 0.717) is 37.3 Å². The van der Waals surface area contributed by atoms with E-state index in [2.05, 4.69) is 10.0 Å². The number of methoxy groups -OCH3 is 1. The van der Waals surface area contributed by atoms with Gasteiger partial charge in [0.15, 0.2) is 0 Å². The van der Waals surface area contributed by atoms with Crippen LogP contribution in [-0.2, 0) is 37.3 Å². The van der Waals surface area contributed by atoms with Crippen LogP contribution in [0.5, 0.6) is 5.75 Å². The third-order valence-electron chi connectivity index (χ3n) is 7.34. The molecule has 0 spiro atoms. The van der Waals surface area contributed by atoms with Crippen molar-refractivity contribution in [1.29, 1.82) is 0 Å². The number of hydrogen-bond donors (Lipinski definition) is 2. The zero-order valence-electron chi connectivity index (χ0n) is 25.7. The Kier molecular flexibility index (Phi) is 11.9. The summed E-state index contributed by atoms with van der Waals surface area (Å²) < 4.78 is 38.7. The van der Waals surface area contributed by atoms with Crippen LogP contribution in [0.4, 0.5) is 0 Å². The molecular weight excluding hydrogens is 578 g/mol. The number of aryl methyl sites for hydroxylation is 1. The number of benzene rings is 3. The van der Waals surface area contributed by atoms with E-state index in [1.165, 1.54) is 0 Å². The Balaban J connectivity index is 1.53. The Morgan fingerprint density at radius 2 is 1.59 bits per heavy atom. The van der Waals surface area contributed by atoms with Crippen LogP contribution in [0.25, 0.3) is 0 Å². The molecule has 236 valence electrons. The van der Waals surface area contributed by atoms with Gasteiger partial charge in [-0.2, -0.15) is 0 Å². The molecular formula is C34H43N3O6S. The van der Waals surface area contributed by atoms with Gasteiger partial charge >= 0.3 is 0 Å². The number of nitrogens with zero attached hydrogens (tertiary/aromatic N) is 1. The Morgan fingerprint density at radius 1 is 0.932 bits per heavy atom. The average molecular weight is 622 g/mol. The van der Waals surface area contributed by atoms with Gasteiger partial charge in [-0.3, -0.25) is 9.59 Å². The van der Waals surface area contributed by atoms with Crippen LogP contribution in [0.15, 0.2) is 83.8 Å². The first-order valence-electron chi connectivity index (χ1n) is 15.1. The highest BCUT2D eigenvalue weighted by Gasteiger charge is 2.31. The average Bonchev–Trinajstić information content (AvgIpc) is 3.83. The molecule has 2 N–H and O–H groups in total. The second kappa shape index (κ2) is 15.8. The van der Waals surface area contributed by atoms with Crippen LogP contribution in [0.2, 0.25) is 0 Å². The second-order valence-electron chi connectivity index (χ2n) is 11.3. The van der Waals surface area contributed by atoms with E-state index in [-0.39, 0.29) is 41.8 Å².